The summed E-state index contributed by atoms with van der Waals surface area (Å²) in [6.07, 6.45) is 4.14. The molecule has 0 unspecified atom stereocenters. The van der Waals surface area contributed by atoms with E-state index in [1.54, 1.807) is 13.3 Å². The van der Waals surface area contributed by atoms with E-state index in [-0.39, 0.29) is 0 Å². The average Bonchev–Trinajstić information content (AvgIpc) is 2.10. The van der Waals surface area contributed by atoms with Gasteiger partial charge in [-0.05, 0) is 27.6 Å². The van der Waals surface area contributed by atoms with Crippen molar-refractivity contribution >= 4 is 15.9 Å². The van der Waals surface area contributed by atoms with Crippen LogP contribution in [0, 0.1) is 0 Å². The van der Waals surface area contributed by atoms with Crippen LogP contribution in [0.25, 0.3) is 0 Å². The standard InChI is InChI=1S/C10H13BrN2O/c1-14-10-6-13(7-10)5-8-2-9(11)4-12-3-8/h2-4,10H,5-7H2,1H3. The first kappa shape index (κ1) is 10.1. The molecule has 2 rings (SSSR count). The number of rotatable bonds is 3. The molecule has 1 aromatic rings. The monoisotopic (exact) mass is 256 g/mol. The first-order chi connectivity index (χ1) is 6.78. The van der Waals surface area contributed by atoms with E-state index in [2.05, 4.69) is 31.9 Å². The van der Waals surface area contributed by atoms with E-state index in [0.717, 1.165) is 24.1 Å². The zero-order valence-electron chi connectivity index (χ0n) is 8.11. The topological polar surface area (TPSA) is 25.4 Å². The summed E-state index contributed by atoms with van der Waals surface area (Å²) in [5.41, 5.74) is 1.24. The lowest BCUT2D eigenvalue weighted by molar-refractivity contribution is -0.0334. The molecular formula is C10H13BrN2O. The lowest BCUT2D eigenvalue weighted by Crippen LogP contribution is -2.50. The molecule has 1 aromatic heterocycles. The maximum atomic E-state index is 5.21. The van der Waals surface area contributed by atoms with Gasteiger partial charge in [0.2, 0.25) is 0 Å². The van der Waals surface area contributed by atoms with Crippen LogP contribution < -0.4 is 0 Å². The first-order valence-electron chi connectivity index (χ1n) is 4.62. The molecule has 0 radical (unpaired) electrons. The normalized spacial score (nSPS) is 18.1. The molecule has 2 heterocycles. The van der Waals surface area contributed by atoms with Crippen molar-refractivity contribution < 1.29 is 4.74 Å². The second-order valence-electron chi connectivity index (χ2n) is 3.56. The van der Waals surface area contributed by atoms with Gasteiger partial charge >= 0.3 is 0 Å². The number of hydrogen-bond acceptors (Lipinski definition) is 3. The molecule has 0 amide bonds. The fraction of sp³-hybridized carbons (Fsp3) is 0.500. The fourth-order valence-electron chi connectivity index (χ4n) is 1.60. The van der Waals surface area contributed by atoms with Gasteiger partial charge in [0.25, 0.3) is 0 Å². The number of hydrogen-bond donors (Lipinski definition) is 0. The largest absolute Gasteiger partial charge is 0.379 e. The molecule has 0 aromatic carbocycles. The molecule has 1 saturated heterocycles. The van der Waals surface area contributed by atoms with E-state index in [0.29, 0.717) is 6.10 Å². The number of halogens is 1. The minimum atomic E-state index is 0.426. The van der Waals surface area contributed by atoms with Crippen LogP contribution in [0.1, 0.15) is 5.56 Å². The Morgan fingerprint density at radius 1 is 1.57 bits per heavy atom. The number of methoxy groups -OCH3 is 1. The maximum Gasteiger partial charge on any atom is 0.0825 e. The molecule has 3 nitrogen and oxygen atoms in total. The van der Waals surface area contributed by atoms with Crippen molar-refractivity contribution in [3.63, 3.8) is 0 Å². The molecule has 0 aliphatic carbocycles. The Labute approximate surface area is 92.2 Å². The van der Waals surface area contributed by atoms with Gasteiger partial charge in [-0.15, -0.1) is 0 Å². The molecule has 4 heteroatoms. The zero-order valence-corrected chi connectivity index (χ0v) is 9.70. The van der Waals surface area contributed by atoms with Crippen LogP contribution in [0.5, 0.6) is 0 Å². The summed E-state index contributed by atoms with van der Waals surface area (Å²) in [4.78, 5) is 6.47. The Kier molecular flexibility index (Phi) is 3.15. The SMILES string of the molecule is COC1CN(Cc2cncc(Br)c2)C1. The molecule has 1 fully saturated rings. The van der Waals surface area contributed by atoms with Gasteiger partial charge in [-0.1, -0.05) is 0 Å². The van der Waals surface area contributed by atoms with Gasteiger partial charge in [0.15, 0.2) is 0 Å². The predicted octanol–water partition coefficient (Wildman–Crippen LogP) is 1.67. The van der Waals surface area contributed by atoms with E-state index in [9.17, 15) is 0 Å². The van der Waals surface area contributed by atoms with Crippen LogP contribution in [-0.4, -0.2) is 36.2 Å². The highest BCUT2D eigenvalue weighted by Gasteiger charge is 2.25. The minimum Gasteiger partial charge on any atom is -0.379 e. The summed E-state index contributed by atoms with van der Waals surface area (Å²) in [7, 11) is 1.77. The van der Waals surface area contributed by atoms with Crippen LogP contribution in [-0.2, 0) is 11.3 Å². The summed E-state index contributed by atoms with van der Waals surface area (Å²) in [6, 6.07) is 2.10. The highest BCUT2D eigenvalue weighted by Crippen LogP contribution is 2.16. The number of pyridine rings is 1. The Balaban J connectivity index is 1.87. The highest BCUT2D eigenvalue weighted by atomic mass is 79.9. The summed E-state index contributed by atoms with van der Waals surface area (Å²) in [5, 5.41) is 0. The van der Waals surface area contributed by atoms with Crippen LogP contribution >= 0.6 is 15.9 Å². The van der Waals surface area contributed by atoms with E-state index in [1.807, 2.05) is 6.20 Å². The van der Waals surface area contributed by atoms with Gasteiger partial charge in [0.05, 0.1) is 6.10 Å². The molecule has 0 spiro atoms. The number of ether oxygens (including phenoxy) is 1. The summed E-state index contributed by atoms with van der Waals surface area (Å²) in [6.45, 7) is 3.03. The lowest BCUT2D eigenvalue weighted by atomic mass is 10.1. The van der Waals surface area contributed by atoms with Crippen LogP contribution in [0.4, 0.5) is 0 Å². The van der Waals surface area contributed by atoms with E-state index < -0.39 is 0 Å². The quantitative estimate of drug-likeness (QED) is 0.823. The lowest BCUT2D eigenvalue weighted by Gasteiger charge is -2.38. The smallest absolute Gasteiger partial charge is 0.0825 e. The third kappa shape index (κ3) is 2.32. The van der Waals surface area contributed by atoms with Gasteiger partial charge in [0, 0.05) is 43.6 Å². The van der Waals surface area contributed by atoms with Crippen LogP contribution in [0.2, 0.25) is 0 Å². The van der Waals surface area contributed by atoms with Crippen molar-refractivity contribution in [1.29, 1.82) is 0 Å². The molecule has 0 N–H and O–H groups in total. The minimum absolute atomic E-state index is 0.426. The second kappa shape index (κ2) is 4.38. The van der Waals surface area contributed by atoms with Crippen molar-refractivity contribution in [2.45, 2.75) is 12.6 Å². The van der Waals surface area contributed by atoms with Crippen LogP contribution in [0.3, 0.4) is 0 Å². The predicted molar refractivity (Wildman–Crippen MR) is 58.0 cm³/mol. The van der Waals surface area contributed by atoms with Crippen molar-refractivity contribution in [1.82, 2.24) is 9.88 Å². The maximum absolute atomic E-state index is 5.21. The third-order valence-electron chi connectivity index (χ3n) is 2.42. The van der Waals surface area contributed by atoms with Crippen molar-refractivity contribution in [3.8, 4) is 0 Å². The van der Waals surface area contributed by atoms with Crippen molar-refractivity contribution in [2.24, 2.45) is 0 Å². The summed E-state index contributed by atoms with van der Waals surface area (Å²) in [5.74, 6) is 0. The number of aromatic nitrogens is 1. The molecular weight excluding hydrogens is 244 g/mol. The molecule has 1 aliphatic heterocycles. The Hall–Kier alpha value is -0.450. The van der Waals surface area contributed by atoms with E-state index >= 15 is 0 Å². The average molecular weight is 257 g/mol. The Morgan fingerprint density at radius 2 is 2.36 bits per heavy atom. The molecule has 0 atom stereocenters. The fourth-order valence-corrected chi connectivity index (χ4v) is 2.01. The number of nitrogens with zero attached hydrogens (tertiary/aromatic N) is 2. The molecule has 0 bridgehead atoms. The van der Waals surface area contributed by atoms with Crippen LogP contribution in [0.15, 0.2) is 22.9 Å². The number of likely N-dealkylation sites (tertiary alicyclic amines) is 1. The summed E-state index contributed by atoms with van der Waals surface area (Å²) >= 11 is 3.41. The molecule has 1 aliphatic rings. The molecule has 0 saturated carbocycles. The van der Waals surface area contributed by atoms with E-state index in [4.69, 9.17) is 4.74 Å². The van der Waals surface area contributed by atoms with Gasteiger partial charge in [-0.2, -0.15) is 0 Å². The van der Waals surface area contributed by atoms with Crippen molar-refractivity contribution in [2.75, 3.05) is 20.2 Å². The second-order valence-corrected chi connectivity index (χ2v) is 4.48. The van der Waals surface area contributed by atoms with Gasteiger partial charge in [-0.3, -0.25) is 9.88 Å². The van der Waals surface area contributed by atoms with Gasteiger partial charge < -0.3 is 4.74 Å². The van der Waals surface area contributed by atoms with E-state index in [1.165, 1.54) is 5.56 Å². The van der Waals surface area contributed by atoms with Gasteiger partial charge in [0.1, 0.15) is 0 Å². The van der Waals surface area contributed by atoms with Crippen molar-refractivity contribution in [3.05, 3.63) is 28.5 Å². The first-order valence-corrected chi connectivity index (χ1v) is 5.42. The Bertz CT molecular complexity index is 313. The Morgan fingerprint density at radius 3 is 3.00 bits per heavy atom. The molecule has 14 heavy (non-hydrogen) atoms. The van der Waals surface area contributed by atoms with Gasteiger partial charge in [-0.25, -0.2) is 0 Å². The third-order valence-corrected chi connectivity index (χ3v) is 2.86. The summed E-state index contributed by atoms with van der Waals surface area (Å²) < 4.78 is 6.25. The highest BCUT2D eigenvalue weighted by molar-refractivity contribution is 9.10. The zero-order chi connectivity index (χ0) is 9.97. The molecule has 76 valence electrons.